The van der Waals surface area contributed by atoms with Gasteiger partial charge in [-0.25, -0.2) is 4.79 Å². The molecule has 6 nitrogen and oxygen atoms in total. The Labute approximate surface area is 160 Å². The zero-order chi connectivity index (χ0) is 19.4. The number of hydrogen-bond acceptors (Lipinski definition) is 6. The molecule has 1 N–H and O–H groups in total. The molecule has 0 aliphatic heterocycles. The first-order valence-electron chi connectivity index (χ1n) is 8.58. The van der Waals surface area contributed by atoms with Gasteiger partial charge in [0.2, 0.25) is 0 Å². The van der Waals surface area contributed by atoms with E-state index in [1.807, 2.05) is 0 Å². The van der Waals surface area contributed by atoms with Crippen molar-refractivity contribution >= 4 is 34.5 Å². The topological polar surface area (TPSA) is 96.3 Å². The summed E-state index contributed by atoms with van der Waals surface area (Å²) >= 11 is 1.43. The number of nitriles is 1. The predicted molar refractivity (Wildman–Crippen MR) is 101 cm³/mol. The van der Waals surface area contributed by atoms with Gasteiger partial charge >= 0.3 is 5.97 Å². The van der Waals surface area contributed by atoms with Gasteiger partial charge in [0.1, 0.15) is 17.4 Å². The van der Waals surface area contributed by atoms with Crippen LogP contribution in [0.1, 0.15) is 50.1 Å². The molecular formula is C20H18N2O4S. The van der Waals surface area contributed by atoms with Gasteiger partial charge in [-0.05, 0) is 42.9 Å². The Kier molecular flexibility index (Phi) is 5.67. The molecule has 2 aromatic rings. The number of rotatable bonds is 5. The van der Waals surface area contributed by atoms with Crippen molar-refractivity contribution in [2.75, 3.05) is 11.9 Å². The third-order valence-corrected chi connectivity index (χ3v) is 5.66. The highest BCUT2D eigenvalue weighted by atomic mass is 32.1. The Morgan fingerprint density at radius 3 is 2.78 bits per heavy atom. The average molecular weight is 382 g/mol. The zero-order valence-corrected chi connectivity index (χ0v) is 15.6. The van der Waals surface area contributed by atoms with E-state index < -0.39 is 18.5 Å². The molecule has 27 heavy (non-hydrogen) atoms. The number of anilines is 1. The van der Waals surface area contributed by atoms with Crippen LogP contribution < -0.4 is 5.32 Å². The SMILES string of the molecule is C[C@@H]1CCc2c(sc(NC(=O)COC(=O)c3ccc(C=O)cc3)c2C#N)C1. The molecule has 0 fully saturated rings. The van der Waals surface area contributed by atoms with E-state index in [1.54, 1.807) is 0 Å². The number of carbonyl (C=O) groups is 3. The van der Waals surface area contributed by atoms with Crippen LogP contribution in [0.4, 0.5) is 5.00 Å². The minimum absolute atomic E-state index is 0.256. The van der Waals surface area contributed by atoms with Crippen LogP contribution >= 0.6 is 11.3 Å². The summed E-state index contributed by atoms with van der Waals surface area (Å²) in [5.74, 6) is -0.573. The standard InChI is InChI=1S/C20H18N2O4S/c1-12-2-7-15-16(9-21)19(27-17(15)8-12)22-18(24)11-26-20(25)14-5-3-13(10-23)4-6-14/h3-6,10,12H,2,7-8,11H2,1H3,(H,22,24)/t12-/m1/s1. The summed E-state index contributed by atoms with van der Waals surface area (Å²) in [5.41, 5.74) is 2.25. The number of hydrogen-bond donors (Lipinski definition) is 1. The minimum Gasteiger partial charge on any atom is -0.452 e. The lowest BCUT2D eigenvalue weighted by Gasteiger charge is -2.17. The van der Waals surface area contributed by atoms with Crippen LogP contribution in [0.15, 0.2) is 24.3 Å². The van der Waals surface area contributed by atoms with Crippen LogP contribution in [0.2, 0.25) is 0 Å². The number of esters is 1. The van der Waals surface area contributed by atoms with Gasteiger partial charge in [-0.15, -0.1) is 11.3 Å². The van der Waals surface area contributed by atoms with Crippen molar-refractivity contribution in [3.8, 4) is 6.07 Å². The summed E-state index contributed by atoms with van der Waals surface area (Å²) in [6.07, 6.45) is 3.47. The first-order valence-corrected chi connectivity index (χ1v) is 9.40. The number of amides is 1. The van der Waals surface area contributed by atoms with Gasteiger partial charge in [0.15, 0.2) is 6.61 Å². The first kappa shape index (κ1) is 18.8. The van der Waals surface area contributed by atoms with Crippen LogP contribution in [0.5, 0.6) is 0 Å². The van der Waals surface area contributed by atoms with Gasteiger partial charge in [0.25, 0.3) is 5.91 Å². The number of nitrogens with one attached hydrogen (secondary N) is 1. The molecular weight excluding hydrogens is 364 g/mol. The van der Waals surface area contributed by atoms with Crippen LogP contribution in [-0.2, 0) is 22.4 Å². The molecule has 1 aliphatic carbocycles. The van der Waals surface area contributed by atoms with Crippen molar-refractivity contribution in [3.63, 3.8) is 0 Å². The maximum atomic E-state index is 12.2. The second kappa shape index (κ2) is 8.14. The highest BCUT2D eigenvalue weighted by Gasteiger charge is 2.24. The third kappa shape index (κ3) is 4.23. The Morgan fingerprint density at radius 2 is 2.11 bits per heavy atom. The lowest BCUT2D eigenvalue weighted by atomic mass is 9.89. The largest absolute Gasteiger partial charge is 0.452 e. The summed E-state index contributed by atoms with van der Waals surface area (Å²) in [6.45, 7) is 1.73. The van der Waals surface area contributed by atoms with E-state index in [0.717, 1.165) is 29.7 Å². The molecule has 1 aromatic heterocycles. The van der Waals surface area contributed by atoms with E-state index in [-0.39, 0.29) is 5.56 Å². The lowest BCUT2D eigenvalue weighted by molar-refractivity contribution is -0.119. The van der Waals surface area contributed by atoms with Crippen molar-refractivity contribution < 1.29 is 19.1 Å². The van der Waals surface area contributed by atoms with E-state index in [1.165, 1.54) is 35.6 Å². The number of fused-ring (bicyclic) bond motifs is 1. The Morgan fingerprint density at radius 1 is 1.37 bits per heavy atom. The number of thiophene rings is 1. The van der Waals surface area contributed by atoms with Crippen LogP contribution in [0, 0.1) is 17.2 Å². The first-order chi connectivity index (χ1) is 13.0. The van der Waals surface area contributed by atoms with Crippen LogP contribution in [0.25, 0.3) is 0 Å². The summed E-state index contributed by atoms with van der Waals surface area (Å²) in [6, 6.07) is 8.11. The zero-order valence-electron chi connectivity index (χ0n) is 14.8. The fraction of sp³-hybridized carbons (Fsp3) is 0.300. The van der Waals surface area contributed by atoms with Crippen molar-refractivity contribution in [1.29, 1.82) is 5.26 Å². The van der Waals surface area contributed by atoms with Crippen molar-refractivity contribution in [2.45, 2.75) is 26.2 Å². The molecule has 3 rings (SSSR count). The number of benzene rings is 1. The fourth-order valence-corrected chi connectivity index (χ4v) is 4.41. The summed E-state index contributed by atoms with van der Waals surface area (Å²) in [5, 5.41) is 12.7. The normalized spacial score (nSPS) is 15.3. The maximum Gasteiger partial charge on any atom is 0.338 e. The van der Waals surface area contributed by atoms with Gasteiger partial charge in [-0.2, -0.15) is 5.26 Å². The van der Waals surface area contributed by atoms with Crippen LogP contribution in [-0.4, -0.2) is 24.8 Å². The predicted octanol–water partition coefficient (Wildman–Crippen LogP) is 3.35. The number of ether oxygens (including phenoxy) is 1. The minimum atomic E-state index is -0.651. The molecule has 0 bridgehead atoms. The highest BCUT2D eigenvalue weighted by Crippen LogP contribution is 2.39. The van der Waals surface area contributed by atoms with Gasteiger partial charge in [0, 0.05) is 10.4 Å². The molecule has 0 spiro atoms. The number of aldehydes is 1. The quantitative estimate of drug-likeness (QED) is 0.632. The molecule has 1 aromatic carbocycles. The van der Waals surface area contributed by atoms with Crippen molar-refractivity contribution in [1.82, 2.24) is 0 Å². The molecule has 0 saturated carbocycles. The second-order valence-corrected chi connectivity index (χ2v) is 7.64. The average Bonchev–Trinajstić information content (AvgIpc) is 3.01. The molecule has 1 aliphatic rings. The Balaban J connectivity index is 1.62. The highest BCUT2D eigenvalue weighted by molar-refractivity contribution is 7.16. The summed E-state index contributed by atoms with van der Waals surface area (Å²) in [7, 11) is 0. The van der Waals surface area contributed by atoms with Crippen LogP contribution in [0.3, 0.4) is 0 Å². The molecule has 0 saturated heterocycles. The Hall–Kier alpha value is -2.98. The maximum absolute atomic E-state index is 12.2. The van der Waals surface area contributed by atoms with E-state index in [2.05, 4.69) is 18.3 Å². The van der Waals surface area contributed by atoms with E-state index in [0.29, 0.717) is 28.3 Å². The molecule has 7 heteroatoms. The third-order valence-electron chi connectivity index (χ3n) is 4.49. The van der Waals surface area contributed by atoms with Gasteiger partial charge in [-0.1, -0.05) is 19.1 Å². The lowest BCUT2D eigenvalue weighted by Crippen LogP contribution is -2.21. The van der Waals surface area contributed by atoms with Gasteiger partial charge in [0.05, 0.1) is 11.1 Å². The van der Waals surface area contributed by atoms with Crippen molar-refractivity contribution in [2.24, 2.45) is 5.92 Å². The molecule has 0 radical (unpaired) electrons. The van der Waals surface area contributed by atoms with E-state index >= 15 is 0 Å². The molecule has 0 unspecified atom stereocenters. The monoisotopic (exact) mass is 382 g/mol. The van der Waals surface area contributed by atoms with Gasteiger partial charge in [-0.3, -0.25) is 9.59 Å². The fourth-order valence-electron chi connectivity index (χ4n) is 3.03. The molecule has 1 amide bonds. The Bertz CT molecular complexity index is 925. The molecule has 138 valence electrons. The van der Waals surface area contributed by atoms with Crippen molar-refractivity contribution in [3.05, 3.63) is 51.4 Å². The second-order valence-electron chi connectivity index (χ2n) is 6.53. The smallest absolute Gasteiger partial charge is 0.338 e. The van der Waals surface area contributed by atoms with E-state index in [9.17, 15) is 19.6 Å². The summed E-state index contributed by atoms with van der Waals surface area (Å²) < 4.78 is 5.01. The number of nitrogens with zero attached hydrogens (tertiary/aromatic N) is 1. The number of carbonyl (C=O) groups excluding carboxylic acids is 3. The summed E-state index contributed by atoms with van der Waals surface area (Å²) in [4.78, 5) is 35.9. The van der Waals surface area contributed by atoms with Gasteiger partial charge < -0.3 is 10.1 Å². The molecule has 1 heterocycles. The van der Waals surface area contributed by atoms with E-state index in [4.69, 9.17) is 4.74 Å². The molecule has 1 atom stereocenters.